The van der Waals surface area contributed by atoms with Gasteiger partial charge in [0.2, 0.25) is 0 Å². The number of rotatable bonds is 3. The molecule has 0 amide bonds. The van der Waals surface area contributed by atoms with Gasteiger partial charge in [0.1, 0.15) is 0 Å². The molecule has 0 fully saturated rings. The van der Waals surface area contributed by atoms with Crippen LogP contribution in [0.25, 0.3) is 79.8 Å². The van der Waals surface area contributed by atoms with Gasteiger partial charge in [-0.15, -0.1) is 0 Å². The normalized spacial score (nSPS) is 13.4. The maximum atomic E-state index is 6.26. The van der Waals surface area contributed by atoms with E-state index in [-0.39, 0.29) is 21.7 Å². The fourth-order valence-electron chi connectivity index (χ4n) is 7.98. The van der Waals surface area contributed by atoms with E-state index in [9.17, 15) is 0 Å². The number of H-pyrrole nitrogens is 2. The van der Waals surface area contributed by atoms with Crippen molar-refractivity contribution in [1.29, 1.82) is 0 Å². The Morgan fingerprint density at radius 1 is 0.390 bits per heavy atom. The van der Waals surface area contributed by atoms with Crippen molar-refractivity contribution >= 4 is 52.1 Å². The number of hydrogen-bond donors (Lipinski definition) is 3. The van der Waals surface area contributed by atoms with Crippen LogP contribution >= 0.6 is 0 Å². The molecule has 0 aliphatic carbocycles. The van der Waals surface area contributed by atoms with Crippen LogP contribution in [-0.2, 0) is 21.7 Å². The second kappa shape index (κ2) is 14.1. The molecule has 59 heavy (non-hydrogen) atoms. The van der Waals surface area contributed by atoms with E-state index in [1.807, 2.05) is 12.1 Å². The van der Waals surface area contributed by atoms with Crippen molar-refractivity contribution < 1.29 is 0 Å². The molecule has 5 heterocycles. The van der Waals surface area contributed by atoms with Gasteiger partial charge in [-0.05, 0) is 127 Å². The predicted octanol–water partition coefficient (Wildman–Crippen LogP) is 14.4. The van der Waals surface area contributed by atoms with E-state index >= 15 is 0 Å². The van der Waals surface area contributed by atoms with E-state index in [4.69, 9.17) is 15.7 Å². The van der Waals surface area contributed by atoms with Gasteiger partial charge in [-0.3, -0.25) is 0 Å². The van der Waals surface area contributed by atoms with Crippen LogP contribution in [0.15, 0.2) is 91.0 Å². The Balaban J connectivity index is 1.52. The lowest BCUT2D eigenvalue weighted by molar-refractivity contribution is 0.568. The number of aromatic nitrogens is 4. The lowest BCUT2D eigenvalue weighted by Gasteiger charge is -2.26. The van der Waals surface area contributed by atoms with E-state index in [2.05, 4.69) is 196 Å². The first-order valence-corrected chi connectivity index (χ1v) is 20.9. The molecule has 0 radical (unpaired) electrons. The average Bonchev–Trinajstić information content (AvgIpc) is 3.98. The Bertz CT molecular complexity index is 2710. The number of nitrogens with two attached hydrogens (primary N) is 1. The van der Waals surface area contributed by atoms with Crippen LogP contribution < -0.4 is 5.73 Å². The SMILES string of the molecule is CC(C)(C)c1cc(-c2c3nc(c(-c4ccc(N)cc4)c4ccc([nH]4)c(-c4cc(C(C)(C)C)cc(C(C)(C)C)c4)c4nc(cc5ccc2[nH]5)C=C4)C=C3)cc(C(C)(C)C)c1. The summed E-state index contributed by atoms with van der Waals surface area (Å²) in [5.74, 6) is 0. The first-order chi connectivity index (χ1) is 27.6. The molecule has 0 atom stereocenters. The van der Waals surface area contributed by atoms with Gasteiger partial charge >= 0.3 is 0 Å². The van der Waals surface area contributed by atoms with Crippen molar-refractivity contribution in [2.45, 2.75) is 105 Å². The maximum Gasteiger partial charge on any atom is 0.0737 e. The van der Waals surface area contributed by atoms with Gasteiger partial charge in [0.05, 0.1) is 22.8 Å². The second-order valence-corrected chi connectivity index (χ2v) is 20.6. The summed E-state index contributed by atoms with van der Waals surface area (Å²) >= 11 is 0. The van der Waals surface area contributed by atoms with Gasteiger partial charge in [-0.25, -0.2) is 9.97 Å². The van der Waals surface area contributed by atoms with Crippen LogP contribution in [-0.4, -0.2) is 19.9 Å². The summed E-state index contributed by atoms with van der Waals surface area (Å²) in [6.07, 6.45) is 8.61. The minimum absolute atomic E-state index is 0.0466. The highest BCUT2D eigenvalue weighted by molar-refractivity contribution is 5.98. The molecule has 3 aromatic carbocycles. The largest absolute Gasteiger partial charge is 0.399 e. The molecule has 0 saturated carbocycles. The molecule has 8 bridgehead atoms. The third-order valence-corrected chi connectivity index (χ3v) is 11.7. The molecule has 0 saturated heterocycles. The van der Waals surface area contributed by atoms with Crippen molar-refractivity contribution in [3.8, 4) is 33.4 Å². The molecule has 4 N–H and O–H groups in total. The standard InChI is InChI=1S/C54H59N5/c1-51(2,3)35-25-33(26-36(29-35)52(4,5)6)49-42-19-17-40(56-42)31-41-18-20-43(57-41)50(34-27-37(53(7,8)9)30-38(28-34)54(10,11)12)47-24-22-45(59-47)48(44-21-23-46(49)58-44)32-13-15-39(55)16-14-32/h13-31,56,59H,55H2,1-12H3. The second-order valence-electron chi connectivity index (χ2n) is 20.6. The molecule has 5 heteroatoms. The Labute approximate surface area is 350 Å². The third kappa shape index (κ3) is 7.96. The van der Waals surface area contributed by atoms with Crippen LogP contribution in [0.3, 0.4) is 0 Å². The number of nitrogen functional groups attached to an aromatic ring is 1. The van der Waals surface area contributed by atoms with Crippen molar-refractivity contribution in [3.05, 3.63) is 136 Å². The summed E-state index contributed by atoms with van der Waals surface area (Å²) in [4.78, 5) is 18.5. The Kier molecular flexibility index (Phi) is 9.54. The summed E-state index contributed by atoms with van der Waals surface area (Å²) in [6, 6.07) is 33.1. The number of benzene rings is 3. The molecule has 0 spiro atoms. The average molecular weight is 778 g/mol. The van der Waals surface area contributed by atoms with Crippen LogP contribution in [0, 0.1) is 0 Å². The van der Waals surface area contributed by atoms with Crippen LogP contribution in [0.1, 0.15) is 128 Å². The van der Waals surface area contributed by atoms with Gasteiger partial charge in [-0.2, -0.15) is 0 Å². The molecule has 6 aromatic rings. The fraction of sp³-hybridized carbons (Fsp3) is 0.296. The minimum atomic E-state index is -0.0466. The number of aromatic amines is 2. The molecular formula is C54H59N5. The van der Waals surface area contributed by atoms with Gasteiger partial charge in [-0.1, -0.05) is 132 Å². The first-order valence-electron chi connectivity index (χ1n) is 20.9. The maximum absolute atomic E-state index is 6.26. The monoisotopic (exact) mass is 777 g/mol. The smallest absolute Gasteiger partial charge is 0.0737 e. The highest BCUT2D eigenvalue weighted by Crippen LogP contribution is 2.41. The van der Waals surface area contributed by atoms with Gasteiger partial charge in [0.25, 0.3) is 0 Å². The molecule has 8 rings (SSSR count). The predicted molar refractivity (Wildman–Crippen MR) is 254 cm³/mol. The van der Waals surface area contributed by atoms with Crippen molar-refractivity contribution in [3.63, 3.8) is 0 Å². The number of fused-ring (bicyclic) bond motifs is 8. The van der Waals surface area contributed by atoms with E-state index < -0.39 is 0 Å². The van der Waals surface area contributed by atoms with Crippen molar-refractivity contribution in [2.24, 2.45) is 0 Å². The summed E-state index contributed by atoms with van der Waals surface area (Å²) in [5.41, 5.74) is 25.9. The first kappa shape index (κ1) is 39.9. The minimum Gasteiger partial charge on any atom is -0.399 e. The van der Waals surface area contributed by atoms with Crippen LogP contribution in [0.5, 0.6) is 0 Å². The number of nitrogens with zero attached hydrogens (tertiary/aromatic N) is 2. The summed E-state index contributed by atoms with van der Waals surface area (Å²) in [6.45, 7) is 27.5. The fourth-order valence-corrected chi connectivity index (χ4v) is 7.98. The zero-order valence-corrected chi connectivity index (χ0v) is 36.9. The lowest BCUT2D eigenvalue weighted by atomic mass is 9.78. The van der Waals surface area contributed by atoms with E-state index in [0.29, 0.717) is 0 Å². The van der Waals surface area contributed by atoms with Crippen molar-refractivity contribution in [1.82, 2.24) is 19.9 Å². The zero-order valence-electron chi connectivity index (χ0n) is 36.9. The number of anilines is 1. The van der Waals surface area contributed by atoms with E-state index in [0.717, 1.165) is 83.9 Å². The molecule has 0 unspecified atom stereocenters. The molecular weight excluding hydrogens is 719 g/mol. The van der Waals surface area contributed by atoms with Gasteiger partial charge in [0.15, 0.2) is 0 Å². The highest BCUT2D eigenvalue weighted by Gasteiger charge is 2.25. The Hall–Kier alpha value is -5.94. The number of hydrogen-bond acceptors (Lipinski definition) is 3. The third-order valence-electron chi connectivity index (χ3n) is 11.7. The van der Waals surface area contributed by atoms with E-state index in [1.54, 1.807) is 0 Å². The van der Waals surface area contributed by atoms with Crippen molar-refractivity contribution in [2.75, 3.05) is 5.73 Å². The molecule has 3 aromatic heterocycles. The summed E-state index contributed by atoms with van der Waals surface area (Å²) in [5, 5.41) is 0. The quantitative estimate of drug-likeness (QED) is 0.156. The Morgan fingerprint density at radius 2 is 0.780 bits per heavy atom. The van der Waals surface area contributed by atoms with Crippen LogP contribution in [0.2, 0.25) is 0 Å². The van der Waals surface area contributed by atoms with E-state index in [1.165, 1.54) is 22.3 Å². The topological polar surface area (TPSA) is 83.4 Å². The zero-order chi connectivity index (χ0) is 42.2. The number of nitrogens with one attached hydrogen (secondary N) is 2. The summed E-state index contributed by atoms with van der Waals surface area (Å²) < 4.78 is 0. The van der Waals surface area contributed by atoms with Crippen LogP contribution in [0.4, 0.5) is 5.69 Å². The molecule has 2 aliphatic heterocycles. The van der Waals surface area contributed by atoms with Gasteiger partial charge < -0.3 is 15.7 Å². The summed E-state index contributed by atoms with van der Waals surface area (Å²) in [7, 11) is 0. The Morgan fingerprint density at radius 3 is 1.24 bits per heavy atom. The molecule has 5 nitrogen and oxygen atoms in total. The van der Waals surface area contributed by atoms with Gasteiger partial charge in [0, 0.05) is 44.4 Å². The molecule has 300 valence electrons. The highest BCUT2D eigenvalue weighted by atomic mass is 14.8. The molecule has 2 aliphatic rings. The lowest BCUT2D eigenvalue weighted by Crippen LogP contribution is -2.16.